The molecule has 186 valence electrons. The lowest BCUT2D eigenvalue weighted by Gasteiger charge is -2.33. The molecular formula is C29H38N4O2. The van der Waals surface area contributed by atoms with E-state index in [4.69, 9.17) is 5.73 Å². The number of hydrogen-bond donors (Lipinski definition) is 2. The Bertz CT molecular complexity index is 1110. The Morgan fingerprint density at radius 2 is 2.09 bits per heavy atom. The summed E-state index contributed by atoms with van der Waals surface area (Å²) in [4.78, 5) is 28.0. The van der Waals surface area contributed by atoms with Crippen LogP contribution in [0, 0.1) is 0 Å². The third-order valence-corrected chi connectivity index (χ3v) is 6.59. The van der Waals surface area contributed by atoms with Gasteiger partial charge in [0.15, 0.2) is 0 Å². The topological polar surface area (TPSA) is 78.7 Å². The van der Waals surface area contributed by atoms with Gasteiger partial charge in [0.2, 0.25) is 12.3 Å². The molecule has 0 radical (unpaired) electrons. The maximum Gasteiger partial charge on any atom is 0.224 e. The van der Waals surface area contributed by atoms with Crippen molar-refractivity contribution in [2.24, 2.45) is 5.73 Å². The van der Waals surface area contributed by atoms with E-state index in [0.29, 0.717) is 19.6 Å². The number of carbonyl (C=O) groups is 2. The number of fused-ring (bicyclic) bond motifs is 1. The average molecular weight is 475 g/mol. The standard InChI is InChI=1S/C29H38N4O2/c1-6-8-25(17-20(3)7-2)33(22(5)35)28-11-14-31-29(21(4)30)26-10-9-24(18-27(26)28)23-12-15-32(19-34)16-13-23/h7-10,12,17-19,28,31H,2,6,11,13-16,30H2,1,3-5H3/b20-17-,25-8+,29-21-. The predicted molar refractivity (Wildman–Crippen MR) is 144 cm³/mol. The second-order valence-corrected chi connectivity index (χ2v) is 9.19. The Balaban J connectivity index is 2.19. The van der Waals surface area contributed by atoms with Crippen molar-refractivity contribution < 1.29 is 9.59 Å². The molecule has 2 aliphatic rings. The van der Waals surface area contributed by atoms with Crippen molar-refractivity contribution in [3.63, 3.8) is 0 Å². The highest BCUT2D eigenvalue weighted by atomic mass is 16.2. The van der Waals surface area contributed by atoms with Crippen LogP contribution in [0.1, 0.15) is 69.7 Å². The molecule has 6 heteroatoms. The van der Waals surface area contributed by atoms with Crippen molar-refractivity contribution >= 4 is 23.6 Å². The zero-order valence-electron chi connectivity index (χ0n) is 21.4. The summed E-state index contributed by atoms with van der Waals surface area (Å²) in [5.41, 5.74) is 14.3. The van der Waals surface area contributed by atoms with Crippen LogP contribution in [0.4, 0.5) is 0 Å². The van der Waals surface area contributed by atoms with Crippen LogP contribution in [-0.4, -0.2) is 41.8 Å². The third kappa shape index (κ3) is 5.94. The molecule has 1 atom stereocenters. The van der Waals surface area contributed by atoms with Crippen molar-refractivity contribution in [2.45, 2.75) is 53.0 Å². The van der Waals surface area contributed by atoms with Crippen LogP contribution in [0.15, 0.2) is 66.0 Å². The molecule has 0 bridgehead atoms. The van der Waals surface area contributed by atoms with Crippen LogP contribution in [-0.2, 0) is 9.59 Å². The molecule has 0 aromatic heterocycles. The molecule has 0 fully saturated rings. The lowest BCUT2D eigenvalue weighted by atomic mass is 9.90. The van der Waals surface area contributed by atoms with E-state index in [9.17, 15) is 9.59 Å². The van der Waals surface area contributed by atoms with Crippen molar-refractivity contribution in [2.75, 3.05) is 19.6 Å². The molecule has 6 nitrogen and oxygen atoms in total. The fourth-order valence-corrected chi connectivity index (χ4v) is 4.82. The Morgan fingerprint density at radius 1 is 1.31 bits per heavy atom. The Morgan fingerprint density at radius 3 is 2.66 bits per heavy atom. The van der Waals surface area contributed by atoms with Crippen molar-refractivity contribution in [1.82, 2.24) is 15.1 Å². The van der Waals surface area contributed by atoms with E-state index in [2.05, 4.69) is 49.2 Å². The summed E-state index contributed by atoms with van der Waals surface area (Å²) in [5.74, 6) is -0.00503. The van der Waals surface area contributed by atoms with Crippen molar-refractivity contribution in [3.8, 4) is 0 Å². The molecule has 0 saturated heterocycles. The van der Waals surface area contributed by atoms with Crippen LogP contribution in [0.3, 0.4) is 0 Å². The van der Waals surface area contributed by atoms with Gasteiger partial charge in [-0.15, -0.1) is 0 Å². The second-order valence-electron chi connectivity index (χ2n) is 9.19. The molecule has 1 aromatic rings. The molecule has 0 spiro atoms. The number of nitrogens with two attached hydrogens (primary N) is 1. The van der Waals surface area contributed by atoms with Gasteiger partial charge < -0.3 is 20.9 Å². The smallest absolute Gasteiger partial charge is 0.224 e. The Labute approximate surface area is 209 Å². The maximum absolute atomic E-state index is 13.1. The monoisotopic (exact) mass is 474 g/mol. The summed E-state index contributed by atoms with van der Waals surface area (Å²) in [6.45, 7) is 13.5. The summed E-state index contributed by atoms with van der Waals surface area (Å²) in [6, 6.07) is 6.29. The van der Waals surface area contributed by atoms with Crippen LogP contribution in [0.2, 0.25) is 0 Å². The largest absolute Gasteiger partial charge is 0.401 e. The van der Waals surface area contributed by atoms with Gasteiger partial charge in [0.05, 0.1) is 11.7 Å². The minimum Gasteiger partial charge on any atom is -0.401 e. The first-order chi connectivity index (χ1) is 16.8. The molecule has 1 aromatic carbocycles. The molecule has 3 N–H and O–H groups in total. The summed E-state index contributed by atoms with van der Waals surface area (Å²) in [5, 5.41) is 3.50. The van der Waals surface area contributed by atoms with Gasteiger partial charge in [0.25, 0.3) is 0 Å². The SMILES string of the molecule is C=C/C(C)=C\C(=C/CC)N(C(C)=O)C1CCN/C(=C(/C)N)c2ccc(C3=CCN(C=O)CC3)cc21. The second kappa shape index (κ2) is 11.7. The highest BCUT2D eigenvalue weighted by Crippen LogP contribution is 2.38. The highest BCUT2D eigenvalue weighted by molar-refractivity contribution is 5.79. The minimum atomic E-state index is -0.158. The zero-order valence-corrected chi connectivity index (χ0v) is 21.4. The van der Waals surface area contributed by atoms with Gasteiger partial charge >= 0.3 is 0 Å². The number of rotatable bonds is 7. The molecule has 35 heavy (non-hydrogen) atoms. The van der Waals surface area contributed by atoms with E-state index in [1.54, 1.807) is 17.9 Å². The van der Waals surface area contributed by atoms with Crippen LogP contribution >= 0.6 is 0 Å². The van der Waals surface area contributed by atoms with Crippen molar-refractivity contribution in [3.05, 3.63) is 82.7 Å². The molecule has 3 rings (SSSR count). The molecular weight excluding hydrogens is 436 g/mol. The van der Waals surface area contributed by atoms with E-state index in [-0.39, 0.29) is 11.9 Å². The number of carbonyl (C=O) groups excluding carboxylic acids is 2. The van der Waals surface area contributed by atoms with Crippen LogP contribution < -0.4 is 11.1 Å². The molecule has 2 heterocycles. The van der Waals surface area contributed by atoms with Crippen molar-refractivity contribution in [1.29, 1.82) is 0 Å². The molecule has 2 amide bonds. The van der Waals surface area contributed by atoms with Gasteiger partial charge in [0, 0.05) is 43.5 Å². The first-order valence-electron chi connectivity index (χ1n) is 12.3. The quantitative estimate of drug-likeness (QED) is 0.436. The molecule has 1 unspecified atom stereocenters. The fourth-order valence-electron chi connectivity index (χ4n) is 4.82. The number of hydrogen-bond acceptors (Lipinski definition) is 4. The molecule has 2 aliphatic heterocycles. The first kappa shape index (κ1) is 26.1. The average Bonchev–Trinajstić information content (AvgIpc) is 3.03. The van der Waals surface area contributed by atoms with Gasteiger partial charge in [-0.1, -0.05) is 43.9 Å². The number of nitrogens with one attached hydrogen (secondary N) is 1. The Hall–Kier alpha value is -3.54. The van der Waals surface area contributed by atoms with Gasteiger partial charge in [-0.05, 0) is 67.5 Å². The van der Waals surface area contributed by atoms with Gasteiger partial charge in [0.1, 0.15) is 0 Å². The summed E-state index contributed by atoms with van der Waals surface area (Å²) in [7, 11) is 0. The normalized spacial score (nSPS) is 20.2. The van der Waals surface area contributed by atoms with E-state index < -0.39 is 0 Å². The van der Waals surface area contributed by atoms with E-state index in [0.717, 1.165) is 65.0 Å². The van der Waals surface area contributed by atoms with E-state index in [1.165, 1.54) is 5.57 Å². The minimum absolute atomic E-state index is 0.00503. The summed E-state index contributed by atoms with van der Waals surface area (Å²) in [6.07, 6.45) is 11.3. The first-order valence-corrected chi connectivity index (χ1v) is 12.3. The van der Waals surface area contributed by atoms with E-state index >= 15 is 0 Å². The fraction of sp³-hybridized carbons (Fsp3) is 0.379. The summed E-state index contributed by atoms with van der Waals surface area (Å²) >= 11 is 0. The van der Waals surface area contributed by atoms with Gasteiger partial charge in [-0.25, -0.2) is 0 Å². The third-order valence-electron chi connectivity index (χ3n) is 6.59. The Kier molecular flexibility index (Phi) is 8.74. The van der Waals surface area contributed by atoms with Gasteiger partial charge in [-0.2, -0.15) is 0 Å². The van der Waals surface area contributed by atoms with Gasteiger partial charge in [-0.3, -0.25) is 9.59 Å². The molecule has 0 saturated carbocycles. The highest BCUT2D eigenvalue weighted by Gasteiger charge is 2.31. The maximum atomic E-state index is 13.1. The molecule has 0 aliphatic carbocycles. The number of allylic oxidation sites excluding steroid dienone is 5. The number of amides is 2. The summed E-state index contributed by atoms with van der Waals surface area (Å²) < 4.78 is 0. The lowest BCUT2D eigenvalue weighted by Crippen LogP contribution is -2.33. The van der Waals surface area contributed by atoms with Crippen LogP contribution in [0.5, 0.6) is 0 Å². The predicted octanol–water partition coefficient (Wildman–Crippen LogP) is 4.89. The van der Waals surface area contributed by atoms with E-state index in [1.807, 2.05) is 24.8 Å². The van der Waals surface area contributed by atoms with Crippen LogP contribution in [0.25, 0.3) is 11.3 Å². The number of nitrogens with zero attached hydrogens (tertiary/aromatic N) is 2. The lowest BCUT2D eigenvalue weighted by molar-refractivity contribution is -0.129. The number of benzene rings is 1. The zero-order chi connectivity index (χ0) is 25.5.